The molecule has 3 aromatic carbocycles. The molecule has 0 aromatic heterocycles. The van der Waals surface area contributed by atoms with Crippen molar-refractivity contribution in [1.82, 2.24) is 0 Å². The highest BCUT2D eigenvalue weighted by Crippen LogP contribution is 2.63. The van der Waals surface area contributed by atoms with Gasteiger partial charge in [0.25, 0.3) is 0 Å². The van der Waals surface area contributed by atoms with E-state index >= 15 is 0 Å². The minimum Gasteiger partial charge on any atom is -0.460 e. The highest BCUT2D eigenvalue weighted by atomic mass is 32.2. The third-order valence-corrected chi connectivity index (χ3v) is 13.4. The Bertz CT molecular complexity index is 1720. The molecule has 6 atom stereocenters. The number of fused-ring (bicyclic) bond motifs is 2. The Morgan fingerprint density at radius 3 is 2.34 bits per heavy atom. The minimum atomic E-state index is -0.932. The zero-order valence-corrected chi connectivity index (χ0v) is 31.9. The topological polar surface area (TPSA) is 89.7 Å². The average Bonchev–Trinajstić information content (AvgIpc) is 3.70. The van der Waals surface area contributed by atoms with Crippen LogP contribution >= 0.6 is 11.8 Å². The van der Waals surface area contributed by atoms with Crippen LogP contribution in [-0.4, -0.2) is 59.1 Å². The van der Waals surface area contributed by atoms with Crippen LogP contribution in [0.3, 0.4) is 0 Å². The lowest BCUT2D eigenvalue weighted by molar-refractivity contribution is -0.223. The second-order valence-electron chi connectivity index (χ2n) is 15.0. The molecule has 0 amide bonds. The first-order valence-electron chi connectivity index (χ1n) is 19.7. The van der Waals surface area contributed by atoms with Crippen molar-refractivity contribution in [1.29, 1.82) is 0 Å². The van der Waals surface area contributed by atoms with E-state index in [4.69, 9.17) is 24.2 Å². The third kappa shape index (κ3) is 8.12. The van der Waals surface area contributed by atoms with Gasteiger partial charge in [-0.3, -0.25) is 0 Å². The van der Waals surface area contributed by atoms with Crippen LogP contribution in [0.25, 0.3) is 11.1 Å². The fourth-order valence-electron chi connectivity index (χ4n) is 9.36. The lowest BCUT2D eigenvalue weighted by atomic mass is 9.56. The number of aliphatic hydroxyl groups is 2. The van der Waals surface area contributed by atoms with Gasteiger partial charge in [-0.05, 0) is 97.4 Å². The van der Waals surface area contributed by atoms with E-state index in [9.17, 15) is 10.2 Å². The number of unbranched alkanes of at least 4 members (excludes halogenated alkanes) is 2. The summed E-state index contributed by atoms with van der Waals surface area (Å²) < 4.78 is 21.0. The summed E-state index contributed by atoms with van der Waals surface area (Å²) in [5.74, 6) is 1.85. The van der Waals surface area contributed by atoms with Gasteiger partial charge in [-0.15, -0.1) is 18.3 Å². The Morgan fingerprint density at radius 1 is 0.906 bits per heavy atom. The first-order chi connectivity index (χ1) is 26.1. The number of thioether (sulfide) groups is 1. The fourth-order valence-corrected chi connectivity index (χ4v) is 11.1. The largest absolute Gasteiger partial charge is 0.460 e. The van der Waals surface area contributed by atoms with Gasteiger partial charge in [0.1, 0.15) is 24.4 Å². The van der Waals surface area contributed by atoms with Gasteiger partial charge in [-0.1, -0.05) is 85.5 Å². The summed E-state index contributed by atoms with van der Waals surface area (Å²) in [6.45, 7) is 4.79. The molecule has 0 unspecified atom stereocenters. The molecule has 7 nitrogen and oxygen atoms in total. The monoisotopic (exact) mass is 737 g/mol. The van der Waals surface area contributed by atoms with Gasteiger partial charge in [-0.2, -0.15) is 0 Å². The molecule has 0 bridgehead atoms. The normalized spacial score (nSPS) is 27.0. The fraction of sp³-hybridized carbons (Fsp3) is 0.489. The Balaban J connectivity index is 1.33. The van der Waals surface area contributed by atoms with Crippen molar-refractivity contribution in [3.05, 3.63) is 103 Å². The van der Waals surface area contributed by atoms with Gasteiger partial charge in [-0.25, -0.2) is 0 Å². The molecule has 0 spiro atoms. The summed E-state index contributed by atoms with van der Waals surface area (Å²) in [5.41, 5.74) is 5.58. The molecule has 4 aliphatic rings. The Hall–Kier alpha value is -3.56. The van der Waals surface area contributed by atoms with Crippen LogP contribution in [0.2, 0.25) is 0 Å². The molecule has 282 valence electrons. The molecule has 2 saturated carbocycles. The molecule has 1 aliphatic heterocycles. The van der Waals surface area contributed by atoms with E-state index in [0.717, 1.165) is 78.2 Å². The SMILES string of the molecule is C=CCO[C@@]12Oc3ccc(Oc4ccc(-c5ccccc5)cc4)cc3[C@H]3[C@H](CCCCO)[C@@H](CCCCO)C=C(C(=NOC)C[C@@H]1SC1CCCC1)[C@H]32. The molecule has 3 aromatic rings. The average molecular weight is 738 g/mol. The van der Waals surface area contributed by atoms with Crippen molar-refractivity contribution in [3.63, 3.8) is 0 Å². The molecule has 1 heterocycles. The number of hydrogen-bond acceptors (Lipinski definition) is 8. The second kappa shape index (κ2) is 17.7. The van der Waals surface area contributed by atoms with Crippen LogP contribution in [0.5, 0.6) is 17.2 Å². The highest BCUT2D eigenvalue weighted by molar-refractivity contribution is 8.00. The van der Waals surface area contributed by atoms with Crippen molar-refractivity contribution >= 4 is 17.5 Å². The van der Waals surface area contributed by atoms with E-state index in [1.165, 1.54) is 31.2 Å². The predicted octanol–water partition coefficient (Wildman–Crippen LogP) is 10.1. The number of nitrogens with zero attached hydrogens (tertiary/aromatic N) is 1. The molecule has 53 heavy (non-hydrogen) atoms. The molecule has 2 N–H and O–H groups in total. The van der Waals surface area contributed by atoms with Gasteiger partial charge in [0.05, 0.1) is 23.5 Å². The van der Waals surface area contributed by atoms with E-state index in [1.54, 1.807) is 7.11 Å². The van der Waals surface area contributed by atoms with Crippen molar-refractivity contribution < 1.29 is 29.3 Å². The number of allylic oxidation sites excluding steroid dienone is 1. The van der Waals surface area contributed by atoms with E-state index in [1.807, 2.05) is 42.1 Å². The molecular weight excluding hydrogens is 683 g/mol. The van der Waals surface area contributed by atoms with Crippen LogP contribution in [0.15, 0.2) is 102 Å². The van der Waals surface area contributed by atoms with Crippen molar-refractivity contribution in [2.45, 2.75) is 92.8 Å². The molecule has 0 saturated heterocycles. The molecular formula is C45H55NO6S. The van der Waals surface area contributed by atoms with Crippen molar-refractivity contribution in [2.75, 3.05) is 26.9 Å². The van der Waals surface area contributed by atoms with E-state index in [-0.39, 0.29) is 42.1 Å². The van der Waals surface area contributed by atoms with Crippen molar-refractivity contribution in [2.24, 2.45) is 22.9 Å². The predicted molar refractivity (Wildman–Crippen MR) is 214 cm³/mol. The minimum absolute atomic E-state index is 0.000311. The smallest absolute Gasteiger partial charge is 0.230 e. The zero-order valence-electron chi connectivity index (χ0n) is 31.0. The molecule has 7 rings (SSSR count). The number of benzene rings is 3. The number of rotatable bonds is 17. The first-order valence-corrected chi connectivity index (χ1v) is 20.6. The van der Waals surface area contributed by atoms with Crippen molar-refractivity contribution in [3.8, 4) is 28.4 Å². The van der Waals surface area contributed by atoms with Gasteiger partial charge >= 0.3 is 0 Å². The standard InChI is InChI=1S/C45H55NO6S/c1-3-27-50-45-42(53-36-16-7-8-17-36)30-40(46-49-2)38-28-33(15-9-11-25-47)37(18-10-12-26-48)43(44(38)45)39-29-35(23-24-41(39)52-45)51-34-21-19-32(20-22-34)31-13-5-4-6-14-31/h3-6,13-14,19-24,28-29,33,36-37,42-44,47-48H,1,7-12,15-18,25-27,30H2,2H3/t33-,37+,42-,43+,44+,45+/m0/s1. The summed E-state index contributed by atoms with van der Waals surface area (Å²) in [4.78, 5) is 5.58. The summed E-state index contributed by atoms with van der Waals surface area (Å²) in [7, 11) is 1.64. The van der Waals surface area contributed by atoms with Crippen LogP contribution in [0.1, 0.15) is 82.1 Å². The van der Waals surface area contributed by atoms with Gasteiger partial charge < -0.3 is 29.3 Å². The van der Waals surface area contributed by atoms with Gasteiger partial charge in [0.2, 0.25) is 5.79 Å². The van der Waals surface area contributed by atoms with Crippen LogP contribution < -0.4 is 9.47 Å². The lowest BCUT2D eigenvalue weighted by Crippen LogP contribution is -2.64. The summed E-state index contributed by atoms with van der Waals surface area (Å²) >= 11 is 2.02. The summed E-state index contributed by atoms with van der Waals surface area (Å²) in [6, 6.07) is 24.9. The number of hydrogen-bond donors (Lipinski definition) is 2. The van der Waals surface area contributed by atoms with Gasteiger partial charge in [0, 0.05) is 36.4 Å². The van der Waals surface area contributed by atoms with E-state index in [2.05, 4.69) is 61.2 Å². The number of ether oxygens (including phenoxy) is 3. The highest BCUT2D eigenvalue weighted by Gasteiger charge is 2.64. The molecule has 8 heteroatoms. The molecule has 0 radical (unpaired) electrons. The van der Waals surface area contributed by atoms with Crippen LogP contribution in [-0.2, 0) is 9.57 Å². The maximum atomic E-state index is 9.88. The maximum Gasteiger partial charge on any atom is 0.230 e. The second-order valence-corrected chi connectivity index (χ2v) is 16.5. The summed E-state index contributed by atoms with van der Waals surface area (Å²) in [6.07, 6.45) is 15.2. The number of aliphatic hydroxyl groups excluding tert-OH is 2. The Kier molecular flexibility index (Phi) is 12.6. The van der Waals surface area contributed by atoms with Crippen LogP contribution in [0, 0.1) is 17.8 Å². The van der Waals surface area contributed by atoms with Crippen LogP contribution in [0.4, 0.5) is 0 Å². The Morgan fingerprint density at radius 2 is 1.62 bits per heavy atom. The maximum absolute atomic E-state index is 9.88. The quantitative estimate of drug-likeness (QED) is 0.0810. The number of oxime groups is 1. The van der Waals surface area contributed by atoms with E-state index < -0.39 is 5.79 Å². The molecule has 3 aliphatic carbocycles. The van der Waals surface area contributed by atoms with E-state index in [0.29, 0.717) is 18.3 Å². The zero-order chi connectivity index (χ0) is 36.6. The third-order valence-electron chi connectivity index (χ3n) is 11.7. The Labute approximate surface area is 319 Å². The molecule has 2 fully saturated rings. The van der Waals surface area contributed by atoms with Gasteiger partial charge in [0.15, 0.2) is 0 Å². The first kappa shape index (κ1) is 37.7. The summed E-state index contributed by atoms with van der Waals surface area (Å²) in [5, 5.41) is 24.9. The lowest BCUT2D eigenvalue weighted by Gasteiger charge is -2.58.